The van der Waals surface area contributed by atoms with Crippen LogP contribution in [0, 0.1) is 10.6 Å². The lowest BCUT2D eigenvalue weighted by Crippen LogP contribution is -2.06. The zero-order valence-electron chi connectivity index (χ0n) is 10.5. The van der Waals surface area contributed by atoms with E-state index in [-0.39, 0.29) is 5.82 Å². The molecule has 6 heteroatoms. The zero-order chi connectivity index (χ0) is 13.6. The van der Waals surface area contributed by atoms with Crippen LogP contribution < -0.4 is 0 Å². The molecule has 102 valence electrons. The molecule has 0 bridgehead atoms. The Morgan fingerprint density at radius 2 is 2.26 bits per heavy atom. The van der Waals surface area contributed by atoms with Crippen molar-refractivity contribution in [2.24, 2.45) is 0 Å². The first-order chi connectivity index (χ1) is 9.10. The van der Waals surface area contributed by atoms with Crippen molar-refractivity contribution in [2.45, 2.75) is 30.6 Å². The third-order valence-corrected chi connectivity index (χ3v) is 5.82. The number of imidazole rings is 1. The van der Waals surface area contributed by atoms with Crippen LogP contribution in [0.4, 0.5) is 4.39 Å². The van der Waals surface area contributed by atoms with Crippen molar-refractivity contribution in [3.8, 4) is 0 Å². The van der Waals surface area contributed by atoms with Crippen LogP contribution in [0.5, 0.6) is 0 Å². The second-order valence-corrected chi connectivity index (χ2v) is 7.29. The quantitative estimate of drug-likeness (QED) is 0.755. The highest BCUT2D eigenvalue weighted by molar-refractivity contribution is 9.10. The standard InChI is InChI=1S/C13H14BrFN2S2/c1-19-8-3-2-7(4-8)17-12-6-10(15)9(14)5-11(12)16-13(17)18/h5-8H,2-4H2,1H3,(H,16,18). The van der Waals surface area contributed by atoms with Gasteiger partial charge < -0.3 is 9.55 Å². The van der Waals surface area contributed by atoms with E-state index in [1.165, 1.54) is 6.42 Å². The van der Waals surface area contributed by atoms with Crippen molar-refractivity contribution in [2.75, 3.05) is 6.26 Å². The summed E-state index contributed by atoms with van der Waals surface area (Å²) in [5, 5.41) is 0.692. The Hall–Kier alpha value is -0.330. The van der Waals surface area contributed by atoms with E-state index in [0.717, 1.165) is 23.9 Å². The Morgan fingerprint density at radius 3 is 2.95 bits per heavy atom. The highest BCUT2D eigenvalue weighted by atomic mass is 79.9. The topological polar surface area (TPSA) is 20.7 Å². The van der Waals surface area contributed by atoms with Gasteiger partial charge in [-0.3, -0.25) is 0 Å². The lowest BCUT2D eigenvalue weighted by molar-refractivity contribution is 0.526. The Balaban J connectivity index is 2.11. The molecule has 1 aromatic carbocycles. The molecule has 0 amide bonds. The van der Waals surface area contributed by atoms with E-state index in [2.05, 4.69) is 31.7 Å². The van der Waals surface area contributed by atoms with Gasteiger partial charge in [-0.05, 0) is 59.7 Å². The van der Waals surface area contributed by atoms with Gasteiger partial charge in [0.05, 0.1) is 15.5 Å². The average Bonchev–Trinajstić information content (AvgIpc) is 2.94. The molecular weight excluding hydrogens is 347 g/mol. The number of aromatic nitrogens is 2. The van der Waals surface area contributed by atoms with Gasteiger partial charge in [-0.25, -0.2) is 4.39 Å². The SMILES string of the molecule is CSC1CCC(n2c(=S)[nH]c3cc(Br)c(F)cc32)C1. The summed E-state index contributed by atoms with van der Waals surface area (Å²) in [5.41, 5.74) is 1.77. The molecule has 1 aliphatic carbocycles. The maximum absolute atomic E-state index is 13.8. The highest BCUT2D eigenvalue weighted by Gasteiger charge is 2.27. The molecular formula is C13H14BrFN2S2. The van der Waals surface area contributed by atoms with E-state index in [4.69, 9.17) is 12.2 Å². The number of hydrogen-bond acceptors (Lipinski definition) is 2. The molecule has 19 heavy (non-hydrogen) atoms. The summed E-state index contributed by atoms with van der Waals surface area (Å²) in [7, 11) is 0. The molecule has 2 atom stereocenters. The lowest BCUT2D eigenvalue weighted by atomic mass is 10.2. The maximum atomic E-state index is 13.8. The molecule has 0 saturated heterocycles. The van der Waals surface area contributed by atoms with Gasteiger partial charge >= 0.3 is 0 Å². The Bertz CT molecular complexity index is 679. The Labute approximate surface area is 128 Å². The number of thioether (sulfide) groups is 1. The minimum atomic E-state index is -0.241. The second kappa shape index (κ2) is 5.22. The van der Waals surface area contributed by atoms with E-state index in [9.17, 15) is 4.39 Å². The summed E-state index contributed by atoms with van der Waals surface area (Å²) in [5.74, 6) is -0.241. The van der Waals surface area contributed by atoms with Crippen LogP contribution in [0.15, 0.2) is 16.6 Å². The molecule has 3 rings (SSSR count). The average molecular weight is 361 g/mol. The summed E-state index contributed by atoms with van der Waals surface area (Å²) in [6.07, 6.45) is 5.59. The van der Waals surface area contributed by atoms with Crippen LogP contribution >= 0.6 is 39.9 Å². The number of benzene rings is 1. The van der Waals surface area contributed by atoms with E-state index in [1.807, 2.05) is 11.8 Å². The summed E-state index contributed by atoms with van der Waals surface area (Å²) in [4.78, 5) is 3.18. The van der Waals surface area contributed by atoms with Gasteiger partial charge in [0.1, 0.15) is 5.82 Å². The minimum Gasteiger partial charge on any atom is -0.331 e. The van der Waals surface area contributed by atoms with Gasteiger partial charge in [0.25, 0.3) is 0 Å². The lowest BCUT2D eigenvalue weighted by Gasteiger charge is -2.13. The van der Waals surface area contributed by atoms with Gasteiger partial charge in [0, 0.05) is 17.4 Å². The van der Waals surface area contributed by atoms with Gasteiger partial charge in [-0.1, -0.05) is 0 Å². The molecule has 1 heterocycles. The van der Waals surface area contributed by atoms with Crippen molar-refractivity contribution < 1.29 is 4.39 Å². The van der Waals surface area contributed by atoms with Crippen molar-refractivity contribution >= 4 is 50.9 Å². The van der Waals surface area contributed by atoms with E-state index in [0.29, 0.717) is 20.5 Å². The van der Waals surface area contributed by atoms with Gasteiger partial charge in [-0.2, -0.15) is 11.8 Å². The van der Waals surface area contributed by atoms with Crippen molar-refractivity contribution in [1.82, 2.24) is 9.55 Å². The van der Waals surface area contributed by atoms with Crippen LogP contribution in [0.2, 0.25) is 0 Å². The maximum Gasteiger partial charge on any atom is 0.178 e. The molecule has 0 radical (unpaired) electrons. The fourth-order valence-corrected chi connectivity index (χ4v) is 4.34. The van der Waals surface area contributed by atoms with Crippen molar-refractivity contribution in [1.29, 1.82) is 0 Å². The van der Waals surface area contributed by atoms with Gasteiger partial charge in [0.2, 0.25) is 0 Å². The fraction of sp³-hybridized carbons (Fsp3) is 0.462. The van der Waals surface area contributed by atoms with Crippen LogP contribution in [0.25, 0.3) is 11.0 Å². The predicted molar refractivity (Wildman–Crippen MR) is 85.0 cm³/mol. The third kappa shape index (κ3) is 2.38. The zero-order valence-corrected chi connectivity index (χ0v) is 13.7. The highest BCUT2D eigenvalue weighted by Crippen LogP contribution is 2.38. The molecule has 1 aliphatic rings. The summed E-state index contributed by atoms with van der Waals surface area (Å²) < 4.78 is 17.0. The van der Waals surface area contributed by atoms with Crippen molar-refractivity contribution in [3.63, 3.8) is 0 Å². The molecule has 0 spiro atoms. The largest absolute Gasteiger partial charge is 0.331 e. The number of halogens is 2. The number of H-pyrrole nitrogens is 1. The van der Waals surface area contributed by atoms with Gasteiger partial charge in [0.15, 0.2) is 4.77 Å². The monoisotopic (exact) mass is 360 g/mol. The summed E-state index contributed by atoms with van der Waals surface area (Å²) in [6, 6.07) is 3.72. The first-order valence-corrected chi connectivity index (χ1v) is 8.71. The second-order valence-electron chi connectivity index (χ2n) is 4.91. The normalized spacial score (nSPS) is 23.3. The molecule has 2 unspecified atom stereocenters. The molecule has 1 aromatic heterocycles. The van der Waals surface area contributed by atoms with Gasteiger partial charge in [-0.15, -0.1) is 0 Å². The van der Waals surface area contributed by atoms with Crippen LogP contribution in [-0.2, 0) is 0 Å². The van der Waals surface area contributed by atoms with E-state index < -0.39 is 0 Å². The first kappa shape index (κ1) is 13.6. The summed E-state index contributed by atoms with van der Waals surface area (Å²) >= 11 is 10.5. The molecule has 1 saturated carbocycles. The number of hydrogen-bond donors (Lipinski definition) is 1. The van der Waals surface area contributed by atoms with Crippen LogP contribution in [-0.4, -0.2) is 21.1 Å². The van der Waals surface area contributed by atoms with Crippen molar-refractivity contribution in [3.05, 3.63) is 27.2 Å². The molecule has 1 fully saturated rings. The molecule has 0 aliphatic heterocycles. The number of fused-ring (bicyclic) bond motifs is 1. The number of aromatic amines is 1. The Morgan fingerprint density at radius 1 is 1.47 bits per heavy atom. The third-order valence-electron chi connectivity index (χ3n) is 3.81. The van der Waals surface area contributed by atoms with Crippen LogP contribution in [0.3, 0.4) is 0 Å². The summed E-state index contributed by atoms with van der Waals surface area (Å²) in [6.45, 7) is 0. The number of nitrogens with zero attached hydrogens (tertiary/aromatic N) is 1. The smallest absolute Gasteiger partial charge is 0.178 e. The fourth-order valence-electron chi connectivity index (χ4n) is 2.85. The minimum absolute atomic E-state index is 0.241. The number of rotatable bonds is 2. The Kier molecular flexibility index (Phi) is 3.75. The van der Waals surface area contributed by atoms with Crippen LogP contribution in [0.1, 0.15) is 25.3 Å². The predicted octanol–water partition coefficient (Wildman–Crippen LogP) is 5.06. The first-order valence-electron chi connectivity index (χ1n) is 6.22. The van der Waals surface area contributed by atoms with E-state index in [1.54, 1.807) is 12.1 Å². The molecule has 2 aromatic rings. The molecule has 2 nitrogen and oxygen atoms in total. The number of nitrogens with one attached hydrogen (secondary N) is 1. The van der Waals surface area contributed by atoms with E-state index >= 15 is 0 Å². The molecule has 1 N–H and O–H groups in total.